The summed E-state index contributed by atoms with van der Waals surface area (Å²) < 4.78 is 12.0. The van der Waals surface area contributed by atoms with Crippen molar-refractivity contribution in [2.45, 2.75) is 12.6 Å². The Morgan fingerprint density at radius 1 is 0.970 bits per heavy atom. The molecule has 0 spiro atoms. The Bertz CT molecular complexity index is 1330. The van der Waals surface area contributed by atoms with Gasteiger partial charge < -0.3 is 14.5 Å². The third-order valence-corrected chi connectivity index (χ3v) is 5.80. The lowest BCUT2D eigenvalue weighted by atomic mass is 10.1. The van der Waals surface area contributed by atoms with Crippen molar-refractivity contribution >= 4 is 16.9 Å². The predicted molar refractivity (Wildman–Crippen MR) is 126 cm³/mol. The second-order valence-electron chi connectivity index (χ2n) is 8.09. The molecule has 33 heavy (non-hydrogen) atoms. The van der Waals surface area contributed by atoms with Crippen LogP contribution in [0.5, 0.6) is 5.75 Å². The maximum atomic E-state index is 12.6. The number of benzene rings is 3. The minimum Gasteiger partial charge on any atom is -0.484 e. The van der Waals surface area contributed by atoms with Crippen LogP contribution in [-0.2, 0) is 6.54 Å². The summed E-state index contributed by atoms with van der Waals surface area (Å²) in [6, 6.07) is 26.4. The molecule has 1 aliphatic rings. The summed E-state index contributed by atoms with van der Waals surface area (Å²) in [6.07, 6.45) is -0.107. The van der Waals surface area contributed by atoms with Crippen molar-refractivity contribution in [3.63, 3.8) is 0 Å². The van der Waals surface area contributed by atoms with Crippen LogP contribution in [0.2, 0.25) is 0 Å². The minimum atomic E-state index is -0.399. The zero-order chi connectivity index (χ0) is 22.6. The Morgan fingerprint density at radius 2 is 1.73 bits per heavy atom. The average molecular weight is 440 g/mol. The molecule has 0 saturated carbocycles. The summed E-state index contributed by atoms with van der Waals surface area (Å²) in [6.45, 7) is 2.46. The van der Waals surface area contributed by atoms with Gasteiger partial charge in [-0.25, -0.2) is 0 Å². The SMILES string of the molecule is O=C(NCCN1Cc2ccccc2O[C@@H](c2ccccc2)C1)c1cc(=O)c2ccccc2o1. The molecule has 0 unspecified atom stereocenters. The lowest BCUT2D eigenvalue weighted by Crippen LogP contribution is -2.36. The van der Waals surface area contributed by atoms with E-state index in [1.165, 1.54) is 6.07 Å². The van der Waals surface area contributed by atoms with E-state index >= 15 is 0 Å². The summed E-state index contributed by atoms with van der Waals surface area (Å²) in [7, 11) is 0. The number of carbonyl (C=O) groups excluding carboxylic acids is 1. The van der Waals surface area contributed by atoms with E-state index in [1.54, 1.807) is 24.3 Å². The number of para-hydroxylation sites is 2. The highest BCUT2D eigenvalue weighted by atomic mass is 16.5. The van der Waals surface area contributed by atoms with Gasteiger partial charge in [0.2, 0.25) is 0 Å². The van der Waals surface area contributed by atoms with Crippen molar-refractivity contribution in [3.8, 4) is 5.75 Å². The molecule has 5 rings (SSSR count). The lowest BCUT2D eigenvalue weighted by molar-refractivity contribution is 0.0916. The third kappa shape index (κ3) is 4.66. The molecule has 0 bridgehead atoms. The number of amides is 1. The molecular formula is C27H24N2O4. The van der Waals surface area contributed by atoms with Gasteiger partial charge >= 0.3 is 0 Å². The molecule has 0 radical (unpaired) electrons. The topological polar surface area (TPSA) is 71.8 Å². The predicted octanol–water partition coefficient (Wildman–Crippen LogP) is 4.16. The molecule has 1 atom stereocenters. The monoisotopic (exact) mass is 440 g/mol. The number of nitrogens with one attached hydrogen (secondary N) is 1. The number of ether oxygens (including phenoxy) is 1. The zero-order valence-corrected chi connectivity index (χ0v) is 18.1. The second kappa shape index (κ2) is 9.30. The maximum absolute atomic E-state index is 12.6. The molecule has 0 aliphatic carbocycles. The van der Waals surface area contributed by atoms with Crippen molar-refractivity contribution in [2.75, 3.05) is 19.6 Å². The van der Waals surface area contributed by atoms with Crippen LogP contribution in [0.3, 0.4) is 0 Å². The molecule has 4 aromatic rings. The van der Waals surface area contributed by atoms with Gasteiger partial charge in [0, 0.05) is 37.8 Å². The van der Waals surface area contributed by atoms with Crippen LogP contribution in [0.15, 0.2) is 94.1 Å². The Kier molecular flexibility index (Phi) is 5.91. The van der Waals surface area contributed by atoms with E-state index in [0.717, 1.165) is 23.4 Å². The molecule has 1 aromatic heterocycles. The van der Waals surface area contributed by atoms with Crippen LogP contribution in [0, 0.1) is 0 Å². The van der Waals surface area contributed by atoms with Crippen molar-refractivity contribution < 1.29 is 13.9 Å². The Morgan fingerprint density at radius 3 is 2.61 bits per heavy atom. The maximum Gasteiger partial charge on any atom is 0.287 e. The van der Waals surface area contributed by atoms with Gasteiger partial charge in [-0.2, -0.15) is 0 Å². The van der Waals surface area contributed by atoms with Crippen LogP contribution in [0.25, 0.3) is 11.0 Å². The molecule has 0 saturated heterocycles. The van der Waals surface area contributed by atoms with E-state index in [9.17, 15) is 9.59 Å². The number of carbonyl (C=O) groups is 1. The first-order valence-electron chi connectivity index (χ1n) is 11.0. The van der Waals surface area contributed by atoms with Gasteiger partial charge in [0.15, 0.2) is 11.2 Å². The largest absolute Gasteiger partial charge is 0.484 e. The molecule has 1 amide bonds. The van der Waals surface area contributed by atoms with E-state index in [2.05, 4.69) is 28.4 Å². The number of rotatable bonds is 5. The molecule has 3 aromatic carbocycles. The van der Waals surface area contributed by atoms with Gasteiger partial charge in [0.05, 0.1) is 5.39 Å². The average Bonchev–Trinajstić information content (AvgIpc) is 3.04. The van der Waals surface area contributed by atoms with E-state index in [0.29, 0.717) is 30.6 Å². The molecule has 2 heterocycles. The van der Waals surface area contributed by atoms with E-state index < -0.39 is 5.91 Å². The van der Waals surface area contributed by atoms with E-state index in [4.69, 9.17) is 9.15 Å². The first-order valence-corrected chi connectivity index (χ1v) is 11.0. The molecule has 6 nitrogen and oxygen atoms in total. The Balaban J connectivity index is 1.28. The summed E-state index contributed by atoms with van der Waals surface area (Å²) in [5.74, 6) is 0.505. The van der Waals surface area contributed by atoms with Crippen LogP contribution >= 0.6 is 0 Å². The minimum absolute atomic E-state index is 0.0189. The van der Waals surface area contributed by atoms with Gasteiger partial charge in [-0.15, -0.1) is 0 Å². The van der Waals surface area contributed by atoms with Crippen molar-refractivity contribution in [1.82, 2.24) is 10.2 Å². The standard InChI is InChI=1S/C27H24N2O4/c30-22-16-25(33-24-13-7-5-11-21(22)24)27(31)28-14-15-29-17-20-10-4-6-12-23(20)32-26(18-29)19-8-2-1-3-9-19/h1-13,16,26H,14-15,17-18H2,(H,28,31)/t26-/m1/s1. The Labute approximate surface area is 191 Å². The third-order valence-electron chi connectivity index (χ3n) is 5.80. The first-order chi connectivity index (χ1) is 16.2. The molecule has 166 valence electrons. The van der Waals surface area contributed by atoms with Crippen LogP contribution < -0.4 is 15.5 Å². The highest BCUT2D eigenvalue weighted by Crippen LogP contribution is 2.30. The second-order valence-corrected chi connectivity index (χ2v) is 8.09. The van der Waals surface area contributed by atoms with E-state index in [-0.39, 0.29) is 17.3 Å². The summed E-state index contributed by atoms with van der Waals surface area (Å²) in [5.41, 5.74) is 2.40. The van der Waals surface area contributed by atoms with Crippen LogP contribution in [0.4, 0.5) is 0 Å². The summed E-state index contributed by atoms with van der Waals surface area (Å²) >= 11 is 0. The number of fused-ring (bicyclic) bond motifs is 2. The van der Waals surface area contributed by atoms with Gasteiger partial charge in [-0.3, -0.25) is 14.5 Å². The number of nitrogens with zero attached hydrogens (tertiary/aromatic N) is 1. The van der Waals surface area contributed by atoms with Gasteiger partial charge in [-0.1, -0.05) is 60.7 Å². The first kappa shape index (κ1) is 21.0. The fraction of sp³-hybridized carbons (Fsp3) is 0.185. The number of hydrogen-bond acceptors (Lipinski definition) is 5. The normalized spacial score (nSPS) is 15.9. The molecule has 1 aliphatic heterocycles. The van der Waals surface area contributed by atoms with Crippen LogP contribution in [-0.4, -0.2) is 30.4 Å². The molecule has 1 N–H and O–H groups in total. The van der Waals surface area contributed by atoms with Gasteiger partial charge in [0.1, 0.15) is 17.4 Å². The fourth-order valence-corrected chi connectivity index (χ4v) is 4.12. The fourth-order valence-electron chi connectivity index (χ4n) is 4.12. The Hall–Kier alpha value is -3.90. The van der Waals surface area contributed by atoms with Gasteiger partial charge in [0.25, 0.3) is 5.91 Å². The number of hydrogen-bond donors (Lipinski definition) is 1. The van der Waals surface area contributed by atoms with Crippen molar-refractivity contribution in [2.24, 2.45) is 0 Å². The van der Waals surface area contributed by atoms with Crippen molar-refractivity contribution in [1.29, 1.82) is 0 Å². The highest BCUT2D eigenvalue weighted by Gasteiger charge is 2.24. The molecular weight excluding hydrogens is 416 g/mol. The highest BCUT2D eigenvalue weighted by molar-refractivity contribution is 5.93. The summed E-state index contributed by atoms with van der Waals surface area (Å²) in [4.78, 5) is 27.2. The van der Waals surface area contributed by atoms with Crippen LogP contribution in [0.1, 0.15) is 27.8 Å². The van der Waals surface area contributed by atoms with E-state index in [1.807, 2.05) is 36.4 Å². The molecule has 0 fully saturated rings. The smallest absolute Gasteiger partial charge is 0.287 e. The summed E-state index contributed by atoms with van der Waals surface area (Å²) in [5, 5.41) is 3.35. The lowest BCUT2D eigenvalue weighted by Gasteiger charge is -2.24. The van der Waals surface area contributed by atoms with Crippen molar-refractivity contribution in [3.05, 3.63) is 112 Å². The quantitative estimate of drug-likeness (QED) is 0.505. The van der Waals surface area contributed by atoms with Gasteiger partial charge in [-0.05, 0) is 23.8 Å². The zero-order valence-electron chi connectivity index (χ0n) is 18.1. The molecule has 6 heteroatoms.